The van der Waals surface area contributed by atoms with E-state index in [0.29, 0.717) is 10.7 Å². The van der Waals surface area contributed by atoms with Gasteiger partial charge in [-0.25, -0.2) is 0 Å². The fourth-order valence-electron chi connectivity index (χ4n) is 2.33. The number of carbonyl (C=O) groups is 1. The normalized spacial score (nSPS) is 17.9. The Kier molecular flexibility index (Phi) is 5.17. The summed E-state index contributed by atoms with van der Waals surface area (Å²) >= 11 is 12.1. The van der Waals surface area contributed by atoms with Crippen LogP contribution in [0.15, 0.2) is 18.2 Å². The third-order valence-electron chi connectivity index (χ3n) is 3.70. The molecule has 110 valence electrons. The van der Waals surface area contributed by atoms with E-state index in [4.69, 9.17) is 23.2 Å². The number of benzene rings is 1. The third kappa shape index (κ3) is 3.80. The molecule has 1 aliphatic rings. The van der Waals surface area contributed by atoms with Crippen LogP contribution in [0.5, 0.6) is 0 Å². The van der Waals surface area contributed by atoms with Gasteiger partial charge in [-0.2, -0.15) is 0 Å². The van der Waals surface area contributed by atoms with Crippen molar-refractivity contribution in [3.05, 3.63) is 23.2 Å². The van der Waals surface area contributed by atoms with Crippen molar-refractivity contribution >= 4 is 40.5 Å². The molecule has 0 saturated carbocycles. The van der Waals surface area contributed by atoms with E-state index in [1.54, 1.807) is 13.0 Å². The summed E-state index contributed by atoms with van der Waals surface area (Å²) in [4.78, 5) is 13.9. The number of hydrogen-bond donors (Lipinski definition) is 1. The number of piperidine rings is 1. The zero-order valence-corrected chi connectivity index (χ0v) is 13.3. The minimum atomic E-state index is -0.558. The maximum Gasteiger partial charge on any atom is 0.242 e. The number of nitrogens with one attached hydrogen (secondary N) is 1. The molecule has 1 aliphatic heterocycles. The maximum absolute atomic E-state index is 11.5. The number of amides is 1. The Bertz CT molecular complexity index is 483. The van der Waals surface area contributed by atoms with Gasteiger partial charge in [0.1, 0.15) is 5.38 Å². The molecule has 1 aromatic rings. The van der Waals surface area contributed by atoms with Crippen molar-refractivity contribution in [2.24, 2.45) is 5.92 Å². The molecule has 0 spiro atoms. The van der Waals surface area contributed by atoms with Gasteiger partial charge < -0.3 is 10.2 Å². The van der Waals surface area contributed by atoms with Crippen molar-refractivity contribution < 1.29 is 4.79 Å². The molecule has 0 bridgehead atoms. The van der Waals surface area contributed by atoms with Crippen LogP contribution < -0.4 is 10.2 Å². The number of halogens is 2. The highest BCUT2D eigenvalue weighted by Crippen LogP contribution is 2.31. The first-order chi connectivity index (χ1) is 9.47. The molecule has 1 saturated heterocycles. The van der Waals surface area contributed by atoms with Crippen molar-refractivity contribution in [3.8, 4) is 0 Å². The zero-order valence-electron chi connectivity index (χ0n) is 11.8. The Morgan fingerprint density at radius 3 is 2.60 bits per heavy atom. The first kappa shape index (κ1) is 15.5. The Morgan fingerprint density at radius 1 is 1.40 bits per heavy atom. The maximum atomic E-state index is 11.5. The molecule has 0 aromatic heterocycles. The number of nitrogens with zero attached hydrogens (tertiary/aromatic N) is 1. The van der Waals surface area contributed by atoms with E-state index in [2.05, 4.69) is 17.1 Å². The molecule has 1 heterocycles. The molecular formula is C15H20Cl2N2O. The number of alkyl halides is 1. The summed E-state index contributed by atoms with van der Waals surface area (Å²) in [6.45, 7) is 5.99. The average molecular weight is 315 g/mol. The molecule has 1 N–H and O–H groups in total. The van der Waals surface area contributed by atoms with Crippen molar-refractivity contribution in [1.82, 2.24) is 0 Å². The molecule has 1 fully saturated rings. The molecule has 1 atom stereocenters. The van der Waals surface area contributed by atoms with Crippen LogP contribution in [0.4, 0.5) is 11.4 Å². The molecule has 0 aliphatic carbocycles. The lowest BCUT2D eigenvalue weighted by Crippen LogP contribution is -2.32. The number of carbonyl (C=O) groups excluding carboxylic acids is 1. The number of hydrogen-bond acceptors (Lipinski definition) is 2. The monoisotopic (exact) mass is 314 g/mol. The number of rotatable bonds is 3. The highest BCUT2D eigenvalue weighted by Gasteiger charge is 2.18. The summed E-state index contributed by atoms with van der Waals surface area (Å²) in [5, 5.41) is 2.85. The summed E-state index contributed by atoms with van der Waals surface area (Å²) < 4.78 is 0. The van der Waals surface area contributed by atoms with Crippen LogP contribution in [0.3, 0.4) is 0 Å². The lowest BCUT2D eigenvalue weighted by molar-refractivity contribution is -0.115. The SMILES string of the molecule is CC1CCN(c2ccc(NC(=O)[C@@H](C)Cl)cc2Cl)CC1. The minimum absolute atomic E-state index is 0.220. The quantitative estimate of drug-likeness (QED) is 0.850. The molecule has 5 heteroatoms. The third-order valence-corrected chi connectivity index (χ3v) is 4.20. The van der Waals surface area contributed by atoms with Crippen LogP contribution in [0.25, 0.3) is 0 Å². The van der Waals surface area contributed by atoms with E-state index >= 15 is 0 Å². The van der Waals surface area contributed by atoms with Crippen molar-refractivity contribution in [2.45, 2.75) is 32.1 Å². The molecule has 1 amide bonds. The van der Waals surface area contributed by atoms with Gasteiger partial charge in [-0.15, -0.1) is 11.6 Å². The van der Waals surface area contributed by atoms with Gasteiger partial charge in [-0.3, -0.25) is 4.79 Å². The average Bonchev–Trinajstić information content (AvgIpc) is 2.40. The summed E-state index contributed by atoms with van der Waals surface area (Å²) in [5.41, 5.74) is 1.72. The second kappa shape index (κ2) is 6.68. The van der Waals surface area contributed by atoms with Crippen LogP contribution in [0.1, 0.15) is 26.7 Å². The fraction of sp³-hybridized carbons (Fsp3) is 0.533. The van der Waals surface area contributed by atoms with Gasteiger partial charge in [0.05, 0.1) is 10.7 Å². The first-order valence-corrected chi connectivity index (χ1v) is 7.78. The second-order valence-electron chi connectivity index (χ2n) is 5.44. The van der Waals surface area contributed by atoms with E-state index < -0.39 is 5.38 Å². The van der Waals surface area contributed by atoms with E-state index in [9.17, 15) is 4.79 Å². The Balaban J connectivity index is 2.08. The molecule has 0 unspecified atom stereocenters. The Hall–Kier alpha value is -0.930. The standard InChI is InChI=1S/C15H20Cl2N2O/c1-10-5-7-19(8-6-10)14-4-3-12(9-13(14)17)18-15(20)11(2)16/h3-4,9-11H,5-8H2,1-2H3,(H,18,20)/t11-/m1/s1. The lowest BCUT2D eigenvalue weighted by atomic mass is 9.99. The molecule has 0 radical (unpaired) electrons. The van der Waals surface area contributed by atoms with Crippen molar-refractivity contribution in [1.29, 1.82) is 0 Å². The molecule has 2 rings (SSSR count). The minimum Gasteiger partial charge on any atom is -0.370 e. The van der Waals surface area contributed by atoms with Gasteiger partial charge in [0.15, 0.2) is 0 Å². The van der Waals surface area contributed by atoms with Crippen molar-refractivity contribution in [3.63, 3.8) is 0 Å². The lowest BCUT2D eigenvalue weighted by Gasteiger charge is -2.32. The fourth-order valence-corrected chi connectivity index (χ4v) is 2.69. The predicted molar refractivity (Wildman–Crippen MR) is 86.0 cm³/mol. The smallest absolute Gasteiger partial charge is 0.242 e. The van der Waals surface area contributed by atoms with Gasteiger partial charge in [-0.05, 0) is 43.9 Å². The van der Waals surface area contributed by atoms with E-state index in [1.807, 2.05) is 12.1 Å². The van der Waals surface area contributed by atoms with Gasteiger partial charge in [-0.1, -0.05) is 18.5 Å². The van der Waals surface area contributed by atoms with E-state index in [1.165, 1.54) is 12.8 Å². The predicted octanol–water partition coefficient (Wildman–Crippen LogP) is 4.14. The van der Waals surface area contributed by atoms with E-state index in [0.717, 1.165) is 24.7 Å². The molecule has 20 heavy (non-hydrogen) atoms. The van der Waals surface area contributed by atoms with Gasteiger partial charge >= 0.3 is 0 Å². The first-order valence-electron chi connectivity index (χ1n) is 6.97. The highest BCUT2D eigenvalue weighted by atomic mass is 35.5. The summed E-state index contributed by atoms with van der Waals surface area (Å²) in [6.07, 6.45) is 2.39. The number of anilines is 2. The van der Waals surface area contributed by atoms with Gasteiger partial charge in [0.25, 0.3) is 0 Å². The van der Waals surface area contributed by atoms with E-state index in [-0.39, 0.29) is 5.91 Å². The Labute approximate surface area is 130 Å². The summed E-state index contributed by atoms with van der Waals surface area (Å²) in [7, 11) is 0. The zero-order chi connectivity index (χ0) is 14.7. The van der Waals surface area contributed by atoms with Crippen LogP contribution in [0, 0.1) is 5.92 Å². The largest absolute Gasteiger partial charge is 0.370 e. The summed E-state index contributed by atoms with van der Waals surface area (Å²) in [5.74, 6) is 0.566. The molecule has 3 nitrogen and oxygen atoms in total. The molecular weight excluding hydrogens is 295 g/mol. The van der Waals surface area contributed by atoms with Crippen LogP contribution >= 0.6 is 23.2 Å². The highest BCUT2D eigenvalue weighted by molar-refractivity contribution is 6.34. The van der Waals surface area contributed by atoms with Crippen LogP contribution in [-0.2, 0) is 4.79 Å². The van der Waals surface area contributed by atoms with Crippen molar-refractivity contribution in [2.75, 3.05) is 23.3 Å². The van der Waals surface area contributed by atoms with Crippen LogP contribution in [-0.4, -0.2) is 24.4 Å². The Morgan fingerprint density at radius 2 is 2.05 bits per heavy atom. The summed E-state index contributed by atoms with van der Waals surface area (Å²) in [6, 6.07) is 5.62. The van der Waals surface area contributed by atoms with Crippen LogP contribution in [0.2, 0.25) is 5.02 Å². The molecule has 1 aromatic carbocycles. The van der Waals surface area contributed by atoms with Gasteiger partial charge in [0.2, 0.25) is 5.91 Å². The van der Waals surface area contributed by atoms with Gasteiger partial charge in [0, 0.05) is 18.8 Å². The second-order valence-corrected chi connectivity index (χ2v) is 6.50. The topological polar surface area (TPSA) is 32.3 Å².